The van der Waals surface area contributed by atoms with Gasteiger partial charge in [-0.2, -0.15) is 5.26 Å². The lowest BCUT2D eigenvalue weighted by Gasteiger charge is -2.12. The van der Waals surface area contributed by atoms with E-state index in [-0.39, 0.29) is 11.1 Å². The molecule has 0 saturated heterocycles. The monoisotopic (exact) mass is 184 g/mol. The molecule has 1 nitrogen and oxygen atoms in total. The van der Waals surface area contributed by atoms with Gasteiger partial charge in [0.15, 0.2) is 0 Å². The second kappa shape index (κ2) is 3.52. The fourth-order valence-electron chi connectivity index (χ4n) is 1.04. The molecule has 1 aromatic rings. The topological polar surface area (TPSA) is 23.8 Å². The van der Waals surface area contributed by atoms with E-state index in [0.717, 1.165) is 0 Å². The maximum Gasteiger partial charge on any atom is 0.482 e. The smallest absolute Gasteiger partial charge is 0.449 e. The standard InChI is InChI=1S/C8H6BF3N/c10-9(11,12)5-7-2-1-3-8(4-7)6-13/h1-4H,5H2/q-1. The van der Waals surface area contributed by atoms with Gasteiger partial charge in [-0.1, -0.05) is 24.0 Å². The highest BCUT2D eigenvalue weighted by molar-refractivity contribution is 6.57. The molecule has 0 saturated carbocycles. The van der Waals surface area contributed by atoms with Gasteiger partial charge in [0.1, 0.15) is 0 Å². The molecule has 0 atom stereocenters. The maximum atomic E-state index is 12.0. The molecule has 0 aromatic heterocycles. The molecule has 0 N–H and O–H groups in total. The van der Waals surface area contributed by atoms with Crippen LogP contribution in [0.4, 0.5) is 12.9 Å². The predicted octanol–water partition coefficient (Wildman–Crippen LogP) is 2.49. The van der Waals surface area contributed by atoms with Crippen LogP contribution in [0.5, 0.6) is 0 Å². The van der Waals surface area contributed by atoms with Crippen LogP contribution >= 0.6 is 0 Å². The van der Waals surface area contributed by atoms with E-state index in [4.69, 9.17) is 5.26 Å². The highest BCUT2D eigenvalue weighted by Crippen LogP contribution is 2.16. The van der Waals surface area contributed by atoms with Crippen LogP contribution in [0.15, 0.2) is 24.3 Å². The van der Waals surface area contributed by atoms with E-state index in [1.165, 1.54) is 24.3 Å². The lowest BCUT2D eigenvalue weighted by molar-refractivity contribution is 0.468. The third-order valence-corrected chi connectivity index (χ3v) is 1.52. The molecule has 0 amide bonds. The van der Waals surface area contributed by atoms with Gasteiger partial charge in [0, 0.05) is 0 Å². The number of hydrogen-bond acceptors (Lipinski definition) is 1. The van der Waals surface area contributed by atoms with Crippen molar-refractivity contribution in [2.24, 2.45) is 0 Å². The van der Waals surface area contributed by atoms with Gasteiger partial charge in [-0.3, -0.25) is 0 Å². The van der Waals surface area contributed by atoms with Gasteiger partial charge in [-0.25, -0.2) is 0 Å². The first-order chi connectivity index (χ1) is 6.01. The Hall–Kier alpha value is -1.44. The Morgan fingerprint density at radius 3 is 2.54 bits per heavy atom. The number of benzene rings is 1. The average molecular weight is 184 g/mol. The lowest BCUT2D eigenvalue weighted by atomic mass is 9.81. The number of nitrogens with zero attached hydrogens (tertiary/aromatic N) is 1. The number of rotatable bonds is 2. The Balaban J connectivity index is 2.86. The molecule has 0 bridgehead atoms. The van der Waals surface area contributed by atoms with Gasteiger partial charge < -0.3 is 12.9 Å². The van der Waals surface area contributed by atoms with Crippen molar-refractivity contribution in [2.45, 2.75) is 6.32 Å². The minimum atomic E-state index is -4.81. The fourth-order valence-corrected chi connectivity index (χ4v) is 1.04. The van der Waals surface area contributed by atoms with E-state index in [2.05, 4.69) is 0 Å². The molecule has 13 heavy (non-hydrogen) atoms. The number of halogens is 3. The van der Waals surface area contributed by atoms with E-state index >= 15 is 0 Å². The Kier molecular flexibility index (Phi) is 2.62. The third kappa shape index (κ3) is 3.20. The molecule has 0 aliphatic rings. The van der Waals surface area contributed by atoms with E-state index in [1.807, 2.05) is 0 Å². The van der Waals surface area contributed by atoms with Crippen molar-refractivity contribution in [1.82, 2.24) is 0 Å². The summed E-state index contributed by atoms with van der Waals surface area (Å²) in [7, 11) is 0. The van der Waals surface area contributed by atoms with Crippen molar-refractivity contribution in [3.63, 3.8) is 0 Å². The summed E-state index contributed by atoms with van der Waals surface area (Å²) in [5.41, 5.74) is 0.407. The molecule has 0 spiro atoms. The average Bonchev–Trinajstić information content (AvgIpc) is 2.01. The summed E-state index contributed by atoms with van der Waals surface area (Å²) in [4.78, 5) is 0. The van der Waals surface area contributed by atoms with Gasteiger partial charge in [-0.15, -0.1) is 0 Å². The minimum Gasteiger partial charge on any atom is -0.449 e. The third-order valence-electron chi connectivity index (χ3n) is 1.52. The summed E-state index contributed by atoms with van der Waals surface area (Å²) in [6, 6.07) is 7.36. The van der Waals surface area contributed by atoms with Crippen LogP contribution in [0, 0.1) is 11.3 Å². The first-order valence-electron chi connectivity index (χ1n) is 3.71. The molecule has 0 aliphatic heterocycles. The molecule has 1 aromatic carbocycles. The highest BCUT2D eigenvalue weighted by Gasteiger charge is 2.22. The van der Waals surface area contributed by atoms with Crippen molar-refractivity contribution in [1.29, 1.82) is 5.26 Å². The zero-order chi connectivity index (χ0) is 9.90. The lowest BCUT2D eigenvalue weighted by Crippen LogP contribution is -2.19. The minimum absolute atomic E-state index is 0.145. The van der Waals surface area contributed by atoms with Crippen molar-refractivity contribution >= 4 is 6.98 Å². The molecular weight excluding hydrogens is 178 g/mol. The van der Waals surface area contributed by atoms with Crippen LogP contribution in [-0.2, 0) is 6.32 Å². The summed E-state index contributed by atoms with van der Waals surface area (Å²) in [6.07, 6.45) is -0.921. The van der Waals surface area contributed by atoms with Gasteiger partial charge in [0.05, 0.1) is 11.6 Å². The SMILES string of the molecule is N#Cc1cccc(C[B-](F)(F)F)c1. The summed E-state index contributed by atoms with van der Waals surface area (Å²) in [5, 5.41) is 8.43. The summed E-state index contributed by atoms with van der Waals surface area (Å²) in [6.45, 7) is -4.81. The van der Waals surface area contributed by atoms with E-state index in [1.54, 1.807) is 6.07 Å². The van der Waals surface area contributed by atoms with Crippen LogP contribution in [0.2, 0.25) is 0 Å². The van der Waals surface area contributed by atoms with E-state index < -0.39 is 13.3 Å². The van der Waals surface area contributed by atoms with Gasteiger partial charge in [-0.05, 0) is 12.1 Å². The van der Waals surface area contributed by atoms with Crippen LogP contribution in [-0.4, -0.2) is 6.98 Å². The number of hydrogen-bond donors (Lipinski definition) is 0. The largest absolute Gasteiger partial charge is 0.482 e. The van der Waals surface area contributed by atoms with Crippen molar-refractivity contribution < 1.29 is 12.9 Å². The zero-order valence-electron chi connectivity index (χ0n) is 6.67. The molecule has 0 radical (unpaired) electrons. The van der Waals surface area contributed by atoms with Crippen LogP contribution in [0.1, 0.15) is 11.1 Å². The predicted molar refractivity (Wildman–Crippen MR) is 43.9 cm³/mol. The molecule has 5 heteroatoms. The first kappa shape index (κ1) is 9.65. The second-order valence-corrected chi connectivity index (χ2v) is 2.73. The van der Waals surface area contributed by atoms with Gasteiger partial charge >= 0.3 is 6.98 Å². The fraction of sp³-hybridized carbons (Fsp3) is 0.125. The van der Waals surface area contributed by atoms with Gasteiger partial charge in [0.2, 0.25) is 0 Å². The van der Waals surface area contributed by atoms with Crippen LogP contribution in [0.25, 0.3) is 0 Å². The van der Waals surface area contributed by atoms with E-state index in [9.17, 15) is 12.9 Å². The van der Waals surface area contributed by atoms with E-state index in [0.29, 0.717) is 0 Å². The van der Waals surface area contributed by atoms with Crippen molar-refractivity contribution in [3.8, 4) is 6.07 Å². The zero-order valence-corrected chi connectivity index (χ0v) is 6.67. The quantitative estimate of drug-likeness (QED) is 0.647. The van der Waals surface area contributed by atoms with Crippen molar-refractivity contribution in [2.75, 3.05) is 0 Å². The Labute approximate surface area is 73.9 Å². The highest BCUT2D eigenvalue weighted by atomic mass is 19.4. The number of nitriles is 1. The molecule has 0 aliphatic carbocycles. The molecule has 0 unspecified atom stereocenters. The normalized spacial score (nSPS) is 10.9. The Morgan fingerprint density at radius 2 is 2.00 bits per heavy atom. The molecule has 68 valence electrons. The van der Waals surface area contributed by atoms with Crippen molar-refractivity contribution in [3.05, 3.63) is 35.4 Å². The molecule has 0 heterocycles. The van der Waals surface area contributed by atoms with Crippen LogP contribution < -0.4 is 0 Å². The Bertz CT molecular complexity index is 340. The first-order valence-corrected chi connectivity index (χ1v) is 3.71. The van der Waals surface area contributed by atoms with Crippen LogP contribution in [0.3, 0.4) is 0 Å². The summed E-state index contributed by atoms with van der Waals surface area (Å²) >= 11 is 0. The molecular formula is C8H6BF3N-. The summed E-state index contributed by atoms with van der Waals surface area (Å²) < 4.78 is 35.9. The molecule has 0 fully saturated rings. The second-order valence-electron chi connectivity index (χ2n) is 2.73. The Morgan fingerprint density at radius 1 is 1.31 bits per heavy atom. The van der Waals surface area contributed by atoms with Gasteiger partial charge in [0.25, 0.3) is 0 Å². The summed E-state index contributed by atoms with van der Waals surface area (Å²) in [5.74, 6) is 0. The maximum absolute atomic E-state index is 12.0. The molecule has 1 rings (SSSR count).